The third-order valence-corrected chi connectivity index (χ3v) is 3.31. The van der Waals surface area contributed by atoms with Crippen LogP contribution >= 0.6 is 0 Å². The fourth-order valence-corrected chi connectivity index (χ4v) is 1.94. The SMILES string of the molecule is CCCNC(=NCc1ccc2c(c1)OCO2)NCC(=O)N(C)C. The number of hydrogen-bond acceptors (Lipinski definition) is 4. The number of nitrogens with zero attached hydrogens (tertiary/aromatic N) is 2. The molecule has 0 saturated carbocycles. The van der Waals surface area contributed by atoms with Gasteiger partial charge < -0.3 is 25.0 Å². The molecule has 0 saturated heterocycles. The van der Waals surface area contributed by atoms with Crippen LogP contribution in [-0.4, -0.2) is 50.7 Å². The van der Waals surface area contributed by atoms with Crippen LogP contribution in [0.4, 0.5) is 0 Å². The van der Waals surface area contributed by atoms with E-state index < -0.39 is 0 Å². The normalized spacial score (nSPS) is 12.9. The lowest BCUT2D eigenvalue weighted by Crippen LogP contribution is -2.43. The van der Waals surface area contributed by atoms with Gasteiger partial charge in [0.1, 0.15) is 0 Å². The van der Waals surface area contributed by atoms with Gasteiger partial charge in [0, 0.05) is 20.6 Å². The molecule has 0 aromatic heterocycles. The lowest BCUT2D eigenvalue weighted by atomic mass is 10.2. The number of aliphatic imine (C=N–C) groups is 1. The van der Waals surface area contributed by atoms with E-state index in [0.717, 1.165) is 30.0 Å². The van der Waals surface area contributed by atoms with E-state index in [2.05, 4.69) is 22.5 Å². The molecule has 1 amide bonds. The number of hydrogen-bond donors (Lipinski definition) is 2. The number of carbonyl (C=O) groups is 1. The second-order valence-electron chi connectivity index (χ2n) is 5.42. The molecule has 0 atom stereocenters. The summed E-state index contributed by atoms with van der Waals surface area (Å²) in [4.78, 5) is 17.7. The van der Waals surface area contributed by atoms with E-state index in [9.17, 15) is 4.79 Å². The molecule has 0 radical (unpaired) electrons. The largest absolute Gasteiger partial charge is 0.454 e. The molecule has 7 nitrogen and oxygen atoms in total. The number of carbonyl (C=O) groups excluding carboxylic acids is 1. The Morgan fingerprint density at radius 3 is 2.78 bits per heavy atom. The molecule has 7 heteroatoms. The highest BCUT2D eigenvalue weighted by molar-refractivity contribution is 5.86. The molecule has 0 bridgehead atoms. The third kappa shape index (κ3) is 5.05. The number of fused-ring (bicyclic) bond motifs is 1. The van der Waals surface area contributed by atoms with Crippen LogP contribution in [0.5, 0.6) is 11.5 Å². The molecule has 1 aliphatic rings. The minimum Gasteiger partial charge on any atom is -0.454 e. The first-order chi connectivity index (χ1) is 11.1. The monoisotopic (exact) mass is 320 g/mol. The van der Waals surface area contributed by atoms with E-state index in [-0.39, 0.29) is 19.2 Å². The summed E-state index contributed by atoms with van der Waals surface area (Å²) in [6.45, 7) is 3.84. The molecule has 2 N–H and O–H groups in total. The predicted octanol–water partition coefficient (Wildman–Crippen LogP) is 0.949. The number of guanidine groups is 1. The highest BCUT2D eigenvalue weighted by Gasteiger charge is 2.13. The maximum atomic E-state index is 11.7. The van der Waals surface area contributed by atoms with Crippen LogP contribution in [0.2, 0.25) is 0 Å². The average molecular weight is 320 g/mol. The minimum atomic E-state index is -0.000854. The van der Waals surface area contributed by atoms with E-state index in [1.165, 1.54) is 0 Å². The maximum absolute atomic E-state index is 11.7. The van der Waals surface area contributed by atoms with Crippen molar-refractivity contribution in [1.29, 1.82) is 0 Å². The lowest BCUT2D eigenvalue weighted by Gasteiger charge is -2.14. The maximum Gasteiger partial charge on any atom is 0.241 e. The van der Waals surface area contributed by atoms with Crippen molar-refractivity contribution in [2.75, 3.05) is 34.0 Å². The molecule has 1 aliphatic heterocycles. The second-order valence-corrected chi connectivity index (χ2v) is 5.42. The fraction of sp³-hybridized carbons (Fsp3) is 0.500. The lowest BCUT2D eigenvalue weighted by molar-refractivity contribution is -0.127. The number of nitrogens with one attached hydrogen (secondary N) is 2. The van der Waals surface area contributed by atoms with Crippen LogP contribution in [-0.2, 0) is 11.3 Å². The summed E-state index contributed by atoms with van der Waals surface area (Å²) >= 11 is 0. The van der Waals surface area contributed by atoms with Crippen LogP contribution in [0.15, 0.2) is 23.2 Å². The van der Waals surface area contributed by atoms with Crippen molar-refractivity contribution in [1.82, 2.24) is 15.5 Å². The Morgan fingerprint density at radius 2 is 2.04 bits per heavy atom. The van der Waals surface area contributed by atoms with Crippen molar-refractivity contribution in [2.24, 2.45) is 4.99 Å². The number of amides is 1. The van der Waals surface area contributed by atoms with Crippen LogP contribution in [0.25, 0.3) is 0 Å². The summed E-state index contributed by atoms with van der Waals surface area (Å²) < 4.78 is 10.7. The van der Waals surface area contributed by atoms with E-state index in [1.807, 2.05) is 18.2 Å². The summed E-state index contributed by atoms with van der Waals surface area (Å²) in [5.41, 5.74) is 1.02. The Kier molecular flexibility index (Phi) is 6.08. The topological polar surface area (TPSA) is 75.2 Å². The summed E-state index contributed by atoms with van der Waals surface area (Å²) in [7, 11) is 3.46. The van der Waals surface area contributed by atoms with Crippen molar-refractivity contribution >= 4 is 11.9 Å². The van der Waals surface area contributed by atoms with Gasteiger partial charge in [-0.2, -0.15) is 0 Å². The quantitative estimate of drug-likeness (QED) is 0.603. The molecule has 1 aromatic rings. The second kappa shape index (κ2) is 8.26. The van der Waals surface area contributed by atoms with Gasteiger partial charge in [-0.05, 0) is 24.1 Å². The molecule has 1 aromatic carbocycles. The molecule has 0 spiro atoms. The zero-order valence-electron chi connectivity index (χ0n) is 13.9. The van der Waals surface area contributed by atoms with Crippen molar-refractivity contribution in [3.63, 3.8) is 0 Å². The van der Waals surface area contributed by atoms with Crippen molar-refractivity contribution in [2.45, 2.75) is 19.9 Å². The zero-order valence-corrected chi connectivity index (χ0v) is 13.9. The Balaban J connectivity index is 1.97. The van der Waals surface area contributed by atoms with Crippen molar-refractivity contribution in [3.05, 3.63) is 23.8 Å². The molecule has 23 heavy (non-hydrogen) atoms. The van der Waals surface area contributed by atoms with Gasteiger partial charge >= 0.3 is 0 Å². The smallest absolute Gasteiger partial charge is 0.241 e. The van der Waals surface area contributed by atoms with Gasteiger partial charge in [0.15, 0.2) is 17.5 Å². The van der Waals surface area contributed by atoms with Crippen LogP contribution in [0, 0.1) is 0 Å². The van der Waals surface area contributed by atoms with Gasteiger partial charge in [-0.15, -0.1) is 0 Å². The first-order valence-electron chi connectivity index (χ1n) is 7.71. The van der Waals surface area contributed by atoms with E-state index in [1.54, 1.807) is 19.0 Å². The van der Waals surface area contributed by atoms with Crippen molar-refractivity contribution in [3.8, 4) is 11.5 Å². The summed E-state index contributed by atoms with van der Waals surface area (Å²) in [6, 6.07) is 5.77. The summed E-state index contributed by atoms with van der Waals surface area (Å²) in [6.07, 6.45) is 0.979. The number of ether oxygens (including phenoxy) is 2. The van der Waals surface area contributed by atoms with Gasteiger partial charge in [-0.3, -0.25) is 4.79 Å². The average Bonchev–Trinajstić information content (AvgIpc) is 3.01. The van der Waals surface area contributed by atoms with E-state index in [0.29, 0.717) is 12.5 Å². The molecule has 0 unspecified atom stereocenters. The highest BCUT2D eigenvalue weighted by Crippen LogP contribution is 2.32. The molecular formula is C16H24N4O3. The molecule has 0 fully saturated rings. The number of benzene rings is 1. The zero-order chi connectivity index (χ0) is 16.7. The Morgan fingerprint density at radius 1 is 1.26 bits per heavy atom. The Hall–Kier alpha value is -2.44. The Labute approximate surface area is 136 Å². The minimum absolute atomic E-state index is 0.000854. The predicted molar refractivity (Wildman–Crippen MR) is 88.7 cm³/mol. The van der Waals surface area contributed by atoms with Crippen LogP contribution in [0.1, 0.15) is 18.9 Å². The molecule has 1 heterocycles. The molecule has 126 valence electrons. The summed E-state index contributed by atoms with van der Waals surface area (Å²) in [5.74, 6) is 2.13. The first kappa shape index (κ1) is 16.9. The standard InChI is InChI=1S/C16H24N4O3/c1-4-7-17-16(19-10-15(21)20(2)3)18-9-12-5-6-13-14(8-12)23-11-22-13/h5-6,8H,4,7,9-11H2,1-3H3,(H2,17,18,19). The van der Waals surface area contributed by atoms with Crippen LogP contribution in [0.3, 0.4) is 0 Å². The van der Waals surface area contributed by atoms with Gasteiger partial charge in [0.05, 0.1) is 13.1 Å². The van der Waals surface area contributed by atoms with Crippen LogP contribution < -0.4 is 20.1 Å². The van der Waals surface area contributed by atoms with Crippen molar-refractivity contribution < 1.29 is 14.3 Å². The van der Waals surface area contributed by atoms with Gasteiger partial charge in [-0.1, -0.05) is 13.0 Å². The van der Waals surface area contributed by atoms with E-state index >= 15 is 0 Å². The number of rotatable bonds is 6. The van der Waals surface area contributed by atoms with Gasteiger partial charge in [0.25, 0.3) is 0 Å². The Bertz CT molecular complexity index is 572. The number of likely N-dealkylation sites (N-methyl/N-ethyl adjacent to an activating group) is 1. The van der Waals surface area contributed by atoms with E-state index in [4.69, 9.17) is 9.47 Å². The molecular weight excluding hydrogens is 296 g/mol. The van der Waals surface area contributed by atoms with Gasteiger partial charge in [0.2, 0.25) is 12.7 Å². The highest BCUT2D eigenvalue weighted by atomic mass is 16.7. The fourth-order valence-electron chi connectivity index (χ4n) is 1.94. The van der Waals surface area contributed by atoms with Gasteiger partial charge in [-0.25, -0.2) is 4.99 Å². The third-order valence-electron chi connectivity index (χ3n) is 3.31. The summed E-state index contributed by atoms with van der Waals surface area (Å²) in [5, 5.41) is 6.25. The molecule has 0 aliphatic carbocycles. The molecule has 2 rings (SSSR count). The first-order valence-corrected chi connectivity index (χ1v) is 7.71.